The molecule has 1 aromatic heterocycles. The molecule has 2 N–H and O–H groups in total. The Balaban J connectivity index is 1.88. The van der Waals surface area contributed by atoms with Gasteiger partial charge in [-0.3, -0.25) is 9.19 Å². The fraction of sp³-hybridized carbons (Fsp3) is 0.154. The van der Waals surface area contributed by atoms with Gasteiger partial charge < -0.3 is 10.5 Å². The van der Waals surface area contributed by atoms with Crippen LogP contribution in [0.15, 0.2) is 52.1 Å². The second-order valence-corrected chi connectivity index (χ2v) is 6.22. The molecule has 19 heavy (non-hydrogen) atoms. The summed E-state index contributed by atoms with van der Waals surface area (Å²) in [5, 5.41) is 0. The first-order valence-corrected chi connectivity index (χ1v) is 7.74. The van der Waals surface area contributed by atoms with Gasteiger partial charge in [0.05, 0.1) is 33.3 Å². The normalized spacial score (nSPS) is 12.1. The number of benzene rings is 1. The van der Waals surface area contributed by atoms with E-state index in [0.717, 1.165) is 10.2 Å². The van der Waals surface area contributed by atoms with Crippen LogP contribution in [0.5, 0.6) is 5.75 Å². The van der Waals surface area contributed by atoms with Gasteiger partial charge in [-0.15, -0.1) is 0 Å². The summed E-state index contributed by atoms with van der Waals surface area (Å²) >= 11 is 3.35. The van der Waals surface area contributed by atoms with Crippen LogP contribution >= 0.6 is 15.9 Å². The van der Waals surface area contributed by atoms with E-state index in [-0.39, 0.29) is 0 Å². The number of nitrogen functional groups attached to an aromatic ring is 1. The van der Waals surface area contributed by atoms with Gasteiger partial charge in [-0.25, -0.2) is 0 Å². The largest absolute Gasteiger partial charge is 0.493 e. The van der Waals surface area contributed by atoms with Crippen LogP contribution in [0.1, 0.15) is 0 Å². The van der Waals surface area contributed by atoms with Crippen LogP contribution < -0.4 is 10.5 Å². The number of rotatable bonds is 5. The van der Waals surface area contributed by atoms with Gasteiger partial charge in [0.1, 0.15) is 12.4 Å². The van der Waals surface area contributed by atoms with Crippen LogP contribution in [-0.4, -0.2) is 21.6 Å². The predicted octanol–water partition coefficient (Wildman–Crippen LogP) is 2.61. The molecule has 6 heteroatoms. The summed E-state index contributed by atoms with van der Waals surface area (Å²) in [5.41, 5.74) is 6.17. The maximum absolute atomic E-state index is 12.0. The van der Waals surface area contributed by atoms with Crippen molar-refractivity contribution in [3.63, 3.8) is 0 Å². The molecule has 1 atom stereocenters. The molecule has 100 valence electrons. The highest BCUT2D eigenvalue weighted by Crippen LogP contribution is 2.17. The van der Waals surface area contributed by atoms with Crippen LogP contribution in [0.3, 0.4) is 0 Å². The topological polar surface area (TPSA) is 65.2 Å². The van der Waals surface area contributed by atoms with Gasteiger partial charge in [0, 0.05) is 10.7 Å². The predicted molar refractivity (Wildman–Crippen MR) is 79.6 cm³/mol. The molecule has 0 bridgehead atoms. The molecule has 2 aromatic rings. The summed E-state index contributed by atoms with van der Waals surface area (Å²) in [6, 6.07) is 9.17. The third-order valence-corrected chi connectivity index (χ3v) is 4.33. The number of nitrogens with two attached hydrogens (primary N) is 1. The first kappa shape index (κ1) is 14.0. The Morgan fingerprint density at radius 2 is 2.00 bits per heavy atom. The molecular formula is C13H13BrN2O2S. The number of anilines is 1. The van der Waals surface area contributed by atoms with Crippen molar-refractivity contribution >= 4 is 32.4 Å². The summed E-state index contributed by atoms with van der Waals surface area (Å²) in [5.74, 6) is 1.15. The van der Waals surface area contributed by atoms with Crippen molar-refractivity contribution in [2.24, 2.45) is 0 Å². The highest BCUT2D eigenvalue weighted by molar-refractivity contribution is 9.10. The van der Waals surface area contributed by atoms with E-state index < -0.39 is 10.8 Å². The Morgan fingerprint density at radius 1 is 1.26 bits per heavy atom. The van der Waals surface area contributed by atoms with Gasteiger partial charge in [0.15, 0.2) is 0 Å². The Labute approximate surface area is 122 Å². The van der Waals surface area contributed by atoms with Crippen LogP contribution in [-0.2, 0) is 10.8 Å². The molecule has 0 aliphatic heterocycles. The molecule has 4 nitrogen and oxygen atoms in total. The maximum atomic E-state index is 12.0. The van der Waals surface area contributed by atoms with E-state index in [4.69, 9.17) is 10.5 Å². The van der Waals surface area contributed by atoms with Gasteiger partial charge in [0.25, 0.3) is 0 Å². The monoisotopic (exact) mass is 340 g/mol. The standard InChI is InChI=1S/C13H13BrN2O2S/c14-10-1-3-11(4-2-10)18-7-8-19(17)13-5-6-16-9-12(13)15/h1-6,9H,7-8,15H2. The van der Waals surface area contributed by atoms with Gasteiger partial charge in [-0.05, 0) is 30.3 Å². The second-order valence-electron chi connectivity index (χ2n) is 3.77. The van der Waals surface area contributed by atoms with E-state index in [1.807, 2.05) is 24.3 Å². The third-order valence-electron chi connectivity index (χ3n) is 2.41. The van der Waals surface area contributed by atoms with Crippen LogP contribution in [0.2, 0.25) is 0 Å². The molecular weight excluding hydrogens is 328 g/mol. The van der Waals surface area contributed by atoms with Crippen molar-refractivity contribution in [3.05, 3.63) is 47.2 Å². The zero-order valence-electron chi connectivity index (χ0n) is 10.1. The summed E-state index contributed by atoms with van der Waals surface area (Å²) in [6.07, 6.45) is 3.09. The highest BCUT2D eigenvalue weighted by Gasteiger charge is 2.07. The average Bonchev–Trinajstić information content (AvgIpc) is 2.41. The maximum Gasteiger partial charge on any atom is 0.119 e. The smallest absolute Gasteiger partial charge is 0.119 e. The molecule has 0 aliphatic carbocycles. The Morgan fingerprint density at radius 3 is 2.68 bits per heavy atom. The van der Waals surface area contributed by atoms with Gasteiger partial charge in [-0.2, -0.15) is 0 Å². The lowest BCUT2D eigenvalue weighted by Gasteiger charge is -2.07. The summed E-state index contributed by atoms with van der Waals surface area (Å²) in [4.78, 5) is 4.47. The third kappa shape index (κ3) is 4.04. The number of nitrogens with zero attached hydrogens (tertiary/aromatic N) is 1. The number of ether oxygens (including phenoxy) is 1. The second kappa shape index (κ2) is 6.68. The molecule has 0 amide bonds. The molecule has 1 heterocycles. The molecule has 0 aliphatic rings. The van der Waals surface area contributed by atoms with E-state index in [1.54, 1.807) is 12.3 Å². The average molecular weight is 341 g/mol. The van der Waals surface area contributed by atoms with Crippen LogP contribution in [0.25, 0.3) is 0 Å². The minimum absolute atomic E-state index is 0.371. The molecule has 2 rings (SSSR count). The Kier molecular flexibility index (Phi) is 4.93. The fourth-order valence-electron chi connectivity index (χ4n) is 1.48. The number of hydrogen-bond acceptors (Lipinski definition) is 4. The number of halogens is 1. The lowest BCUT2D eigenvalue weighted by Crippen LogP contribution is -2.10. The zero-order valence-corrected chi connectivity index (χ0v) is 12.5. The first-order valence-electron chi connectivity index (χ1n) is 5.63. The van der Waals surface area contributed by atoms with Gasteiger partial charge >= 0.3 is 0 Å². The summed E-state index contributed by atoms with van der Waals surface area (Å²) in [6.45, 7) is 0.371. The Bertz CT molecular complexity index is 575. The molecule has 0 saturated heterocycles. The van der Waals surface area contributed by atoms with Crippen molar-refractivity contribution in [2.75, 3.05) is 18.1 Å². The molecule has 0 fully saturated rings. The van der Waals surface area contributed by atoms with Crippen molar-refractivity contribution in [3.8, 4) is 5.75 Å². The van der Waals surface area contributed by atoms with E-state index in [2.05, 4.69) is 20.9 Å². The minimum Gasteiger partial charge on any atom is -0.493 e. The fourth-order valence-corrected chi connectivity index (χ4v) is 2.72. The minimum atomic E-state index is -1.17. The van der Waals surface area contributed by atoms with Crippen LogP contribution in [0, 0.1) is 0 Å². The quantitative estimate of drug-likeness (QED) is 0.908. The number of pyridine rings is 1. The molecule has 0 radical (unpaired) electrons. The number of hydrogen-bond donors (Lipinski definition) is 1. The van der Waals surface area contributed by atoms with E-state index in [0.29, 0.717) is 22.9 Å². The van der Waals surface area contributed by atoms with Crippen molar-refractivity contribution in [2.45, 2.75) is 4.90 Å². The SMILES string of the molecule is Nc1cnccc1S(=O)CCOc1ccc(Br)cc1. The van der Waals surface area contributed by atoms with E-state index in [1.165, 1.54) is 6.20 Å². The lowest BCUT2D eigenvalue weighted by molar-refractivity contribution is 0.342. The highest BCUT2D eigenvalue weighted by atomic mass is 79.9. The van der Waals surface area contributed by atoms with Crippen molar-refractivity contribution < 1.29 is 8.95 Å². The molecule has 0 spiro atoms. The van der Waals surface area contributed by atoms with Crippen molar-refractivity contribution in [1.82, 2.24) is 4.98 Å². The lowest BCUT2D eigenvalue weighted by atomic mass is 10.3. The summed E-state index contributed by atoms with van der Waals surface area (Å²) < 4.78 is 18.5. The van der Waals surface area contributed by atoms with Crippen LogP contribution in [0.4, 0.5) is 5.69 Å². The van der Waals surface area contributed by atoms with Gasteiger partial charge in [-0.1, -0.05) is 15.9 Å². The molecule has 1 unspecified atom stereocenters. The van der Waals surface area contributed by atoms with E-state index >= 15 is 0 Å². The first-order chi connectivity index (χ1) is 9.16. The summed E-state index contributed by atoms with van der Waals surface area (Å²) in [7, 11) is -1.17. The number of aromatic nitrogens is 1. The Hall–Kier alpha value is -1.40. The van der Waals surface area contributed by atoms with E-state index in [9.17, 15) is 4.21 Å². The zero-order chi connectivity index (χ0) is 13.7. The van der Waals surface area contributed by atoms with Crippen molar-refractivity contribution in [1.29, 1.82) is 0 Å². The molecule has 0 saturated carbocycles. The van der Waals surface area contributed by atoms with Gasteiger partial charge in [0.2, 0.25) is 0 Å². The molecule has 1 aromatic carbocycles.